The zero-order valence-corrected chi connectivity index (χ0v) is 12.0. The third kappa shape index (κ3) is 10.6. The first kappa shape index (κ1) is 17.4. The molecule has 0 radical (unpaired) electrons. The quantitative estimate of drug-likeness (QED) is 0.708. The van der Waals surface area contributed by atoms with Crippen molar-refractivity contribution in [3.8, 4) is 0 Å². The van der Waals surface area contributed by atoms with Gasteiger partial charge in [0.1, 0.15) is 0 Å². The summed E-state index contributed by atoms with van der Waals surface area (Å²) in [6.07, 6.45) is 11.2. The molecule has 0 aromatic carbocycles. The molecule has 1 aliphatic rings. The smallest absolute Gasteiger partial charge is 0.306 e. The van der Waals surface area contributed by atoms with Gasteiger partial charge < -0.3 is 10.2 Å². The maximum Gasteiger partial charge on any atom is 0.306 e. The molecule has 3 heteroatoms. The second kappa shape index (κ2) is 11.5. The number of carboxylic acid groups (broad SMARTS) is 1. The molecule has 0 aromatic heterocycles. The molecule has 0 amide bonds. The summed E-state index contributed by atoms with van der Waals surface area (Å²) in [4.78, 5) is 10.4. The number of unbranched alkanes of at least 4 members (excludes halogenated alkanes) is 3. The average Bonchev–Trinajstić information content (AvgIpc) is 2.36. The Morgan fingerprint density at radius 3 is 2.17 bits per heavy atom. The Hall–Kier alpha value is -0.570. The van der Waals surface area contributed by atoms with Gasteiger partial charge in [0.25, 0.3) is 0 Å². The van der Waals surface area contributed by atoms with Crippen LogP contribution in [0.4, 0.5) is 0 Å². The highest BCUT2D eigenvalue weighted by molar-refractivity contribution is 5.69. The Balaban J connectivity index is 0.000000321. The van der Waals surface area contributed by atoms with E-state index in [0.29, 0.717) is 0 Å². The molecule has 0 saturated heterocycles. The minimum atomic E-state index is -0.602. The second-order valence-corrected chi connectivity index (χ2v) is 5.37. The molecule has 1 aliphatic carbocycles. The lowest BCUT2D eigenvalue weighted by atomic mass is 9.90. The van der Waals surface area contributed by atoms with Crippen molar-refractivity contribution >= 4 is 5.97 Å². The first-order chi connectivity index (χ1) is 8.57. The number of carbonyl (C=O) groups is 1. The molecule has 1 rings (SSSR count). The normalized spacial score (nSPS) is 17.7. The van der Waals surface area contributed by atoms with E-state index in [1.807, 2.05) is 6.92 Å². The summed E-state index contributed by atoms with van der Waals surface area (Å²) < 4.78 is 0. The van der Waals surface area contributed by atoms with Gasteiger partial charge in [0.2, 0.25) is 0 Å². The molecule has 0 spiro atoms. The lowest BCUT2D eigenvalue weighted by Crippen LogP contribution is -2.16. The highest BCUT2D eigenvalue weighted by Crippen LogP contribution is 2.23. The van der Waals surface area contributed by atoms with Gasteiger partial charge in [0.05, 0.1) is 12.0 Å². The van der Waals surface area contributed by atoms with Crippen LogP contribution in [-0.4, -0.2) is 22.3 Å². The van der Waals surface area contributed by atoms with Crippen molar-refractivity contribution in [1.29, 1.82) is 0 Å². The van der Waals surface area contributed by atoms with Crippen molar-refractivity contribution in [2.24, 2.45) is 5.92 Å². The van der Waals surface area contributed by atoms with Gasteiger partial charge in [-0.1, -0.05) is 51.9 Å². The van der Waals surface area contributed by atoms with Gasteiger partial charge in [-0.05, 0) is 26.2 Å². The topological polar surface area (TPSA) is 57.5 Å². The largest absolute Gasteiger partial charge is 0.481 e. The number of aliphatic carboxylic acids is 1. The van der Waals surface area contributed by atoms with E-state index in [1.165, 1.54) is 32.1 Å². The molecular formula is C15H30O3. The number of rotatable bonds is 6. The SMILES string of the molecule is CCCCCCC(C)O.O=C(O)C1CCCCC1. The van der Waals surface area contributed by atoms with Crippen molar-refractivity contribution in [3.63, 3.8) is 0 Å². The zero-order valence-electron chi connectivity index (χ0n) is 12.0. The van der Waals surface area contributed by atoms with Crippen molar-refractivity contribution in [1.82, 2.24) is 0 Å². The second-order valence-electron chi connectivity index (χ2n) is 5.37. The highest BCUT2D eigenvalue weighted by atomic mass is 16.4. The lowest BCUT2D eigenvalue weighted by Gasteiger charge is -2.16. The Morgan fingerprint density at radius 1 is 1.17 bits per heavy atom. The minimum Gasteiger partial charge on any atom is -0.481 e. The lowest BCUT2D eigenvalue weighted by molar-refractivity contribution is -0.142. The van der Waals surface area contributed by atoms with Crippen molar-refractivity contribution in [3.05, 3.63) is 0 Å². The van der Waals surface area contributed by atoms with Crippen LogP contribution in [0.2, 0.25) is 0 Å². The summed E-state index contributed by atoms with van der Waals surface area (Å²) in [6, 6.07) is 0. The molecule has 1 saturated carbocycles. The van der Waals surface area contributed by atoms with E-state index in [2.05, 4.69) is 6.92 Å². The van der Waals surface area contributed by atoms with Gasteiger partial charge in [-0.2, -0.15) is 0 Å². The number of hydrogen-bond donors (Lipinski definition) is 2. The number of aliphatic hydroxyl groups is 1. The van der Waals surface area contributed by atoms with Gasteiger partial charge in [-0.25, -0.2) is 0 Å². The van der Waals surface area contributed by atoms with Crippen LogP contribution in [0.25, 0.3) is 0 Å². The van der Waals surface area contributed by atoms with Crippen LogP contribution in [0.1, 0.15) is 78.1 Å². The standard InChI is InChI=1S/C8H18O.C7H12O2/c1-3-4-5-6-7-8(2)9;8-7(9)6-4-2-1-3-5-6/h8-9H,3-7H2,1-2H3;6H,1-5H2,(H,8,9). The van der Waals surface area contributed by atoms with Gasteiger partial charge in [-0.3, -0.25) is 4.79 Å². The van der Waals surface area contributed by atoms with E-state index in [0.717, 1.165) is 32.1 Å². The van der Waals surface area contributed by atoms with Gasteiger partial charge in [0, 0.05) is 0 Å². The molecule has 0 bridgehead atoms. The molecule has 1 atom stereocenters. The van der Waals surface area contributed by atoms with E-state index in [1.54, 1.807) is 0 Å². The maximum absolute atomic E-state index is 10.4. The summed E-state index contributed by atoms with van der Waals surface area (Å²) in [5, 5.41) is 17.4. The monoisotopic (exact) mass is 258 g/mol. The third-order valence-corrected chi connectivity index (χ3v) is 3.43. The van der Waals surface area contributed by atoms with Crippen LogP contribution in [0.5, 0.6) is 0 Å². The summed E-state index contributed by atoms with van der Waals surface area (Å²) in [6.45, 7) is 4.05. The molecule has 0 heterocycles. The molecule has 1 fully saturated rings. The molecule has 108 valence electrons. The first-order valence-corrected chi connectivity index (χ1v) is 7.48. The first-order valence-electron chi connectivity index (χ1n) is 7.48. The zero-order chi connectivity index (χ0) is 13.8. The molecule has 18 heavy (non-hydrogen) atoms. The van der Waals surface area contributed by atoms with E-state index >= 15 is 0 Å². The third-order valence-electron chi connectivity index (χ3n) is 3.43. The Labute approximate surface area is 112 Å². The molecule has 0 aromatic rings. The fraction of sp³-hybridized carbons (Fsp3) is 0.933. The average molecular weight is 258 g/mol. The minimum absolute atomic E-state index is 0.0289. The van der Waals surface area contributed by atoms with Crippen LogP contribution >= 0.6 is 0 Å². The Morgan fingerprint density at radius 2 is 1.78 bits per heavy atom. The van der Waals surface area contributed by atoms with Crippen LogP contribution < -0.4 is 0 Å². The molecule has 3 nitrogen and oxygen atoms in total. The maximum atomic E-state index is 10.4. The van der Waals surface area contributed by atoms with E-state index in [9.17, 15) is 4.79 Å². The Kier molecular flexibility index (Phi) is 11.2. The van der Waals surface area contributed by atoms with Crippen molar-refractivity contribution in [2.45, 2.75) is 84.2 Å². The summed E-state index contributed by atoms with van der Waals surface area (Å²) in [5.74, 6) is -0.631. The Bertz CT molecular complexity index is 196. The van der Waals surface area contributed by atoms with E-state index < -0.39 is 5.97 Å². The molecule has 2 N–H and O–H groups in total. The van der Waals surface area contributed by atoms with Crippen LogP contribution in [0, 0.1) is 5.92 Å². The van der Waals surface area contributed by atoms with Crippen LogP contribution in [-0.2, 0) is 4.79 Å². The number of aliphatic hydroxyl groups excluding tert-OH is 1. The van der Waals surface area contributed by atoms with E-state index in [4.69, 9.17) is 10.2 Å². The molecule has 0 aliphatic heterocycles. The van der Waals surface area contributed by atoms with Gasteiger partial charge in [0.15, 0.2) is 0 Å². The van der Waals surface area contributed by atoms with E-state index in [-0.39, 0.29) is 12.0 Å². The number of hydrogen-bond acceptors (Lipinski definition) is 2. The summed E-state index contributed by atoms with van der Waals surface area (Å²) in [7, 11) is 0. The van der Waals surface area contributed by atoms with Gasteiger partial charge in [-0.15, -0.1) is 0 Å². The van der Waals surface area contributed by atoms with Crippen LogP contribution in [0.3, 0.4) is 0 Å². The fourth-order valence-electron chi connectivity index (χ4n) is 2.22. The highest BCUT2D eigenvalue weighted by Gasteiger charge is 2.19. The summed E-state index contributed by atoms with van der Waals surface area (Å²) in [5.41, 5.74) is 0. The molecular weight excluding hydrogens is 228 g/mol. The fourth-order valence-corrected chi connectivity index (χ4v) is 2.22. The van der Waals surface area contributed by atoms with Gasteiger partial charge >= 0.3 is 5.97 Å². The van der Waals surface area contributed by atoms with Crippen molar-refractivity contribution in [2.75, 3.05) is 0 Å². The predicted molar refractivity (Wildman–Crippen MR) is 74.7 cm³/mol. The van der Waals surface area contributed by atoms with Crippen molar-refractivity contribution < 1.29 is 15.0 Å². The van der Waals surface area contributed by atoms with Crippen LogP contribution in [0.15, 0.2) is 0 Å². The summed E-state index contributed by atoms with van der Waals surface area (Å²) >= 11 is 0. The molecule has 1 unspecified atom stereocenters. The predicted octanol–water partition coefficient (Wildman–Crippen LogP) is 3.99. The number of carboxylic acids is 1.